The van der Waals surface area contributed by atoms with Gasteiger partial charge in [-0.1, -0.05) is 19.8 Å². The number of hydrogen-bond acceptors (Lipinski definition) is 2. The van der Waals surface area contributed by atoms with E-state index in [1.165, 1.54) is 38.5 Å². The van der Waals surface area contributed by atoms with Crippen LogP contribution in [-0.4, -0.2) is 25.8 Å². The lowest BCUT2D eigenvalue weighted by molar-refractivity contribution is 0.132. The largest absolute Gasteiger partial charge is 0.382 e. The summed E-state index contributed by atoms with van der Waals surface area (Å²) >= 11 is 0. The van der Waals surface area contributed by atoms with E-state index in [1.54, 1.807) is 0 Å². The zero-order valence-electron chi connectivity index (χ0n) is 10.4. The number of rotatable bonds is 7. The molecule has 2 unspecified atom stereocenters. The summed E-state index contributed by atoms with van der Waals surface area (Å²) < 4.78 is 5.40. The molecule has 1 saturated carbocycles. The predicted octanol–water partition coefficient (Wildman–Crippen LogP) is 2.97. The van der Waals surface area contributed by atoms with Crippen molar-refractivity contribution in [1.29, 1.82) is 0 Å². The standard InChI is InChI=1S/C13H27NO/c1-3-14-13-10-6-5-8-12(13)9-7-11-15-4-2/h12-14H,3-11H2,1-2H3. The highest BCUT2D eigenvalue weighted by atomic mass is 16.5. The quantitative estimate of drug-likeness (QED) is 0.656. The predicted molar refractivity (Wildman–Crippen MR) is 65.1 cm³/mol. The van der Waals surface area contributed by atoms with E-state index < -0.39 is 0 Å². The Hall–Kier alpha value is -0.0800. The Balaban J connectivity index is 2.17. The Bertz CT molecular complexity index is 147. The molecular formula is C13H27NO. The number of nitrogens with one attached hydrogen (secondary N) is 1. The van der Waals surface area contributed by atoms with Crippen molar-refractivity contribution in [3.05, 3.63) is 0 Å². The summed E-state index contributed by atoms with van der Waals surface area (Å²) in [4.78, 5) is 0. The van der Waals surface area contributed by atoms with Crippen LogP contribution in [0.4, 0.5) is 0 Å². The van der Waals surface area contributed by atoms with Crippen LogP contribution < -0.4 is 5.32 Å². The lowest BCUT2D eigenvalue weighted by Crippen LogP contribution is -2.38. The zero-order chi connectivity index (χ0) is 10.9. The molecule has 2 nitrogen and oxygen atoms in total. The minimum atomic E-state index is 0.783. The normalized spacial score (nSPS) is 26.8. The van der Waals surface area contributed by atoms with Crippen molar-refractivity contribution in [2.24, 2.45) is 5.92 Å². The van der Waals surface area contributed by atoms with E-state index >= 15 is 0 Å². The minimum absolute atomic E-state index is 0.783. The number of hydrogen-bond donors (Lipinski definition) is 1. The van der Waals surface area contributed by atoms with E-state index in [4.69, 9.17) is 4.74 Å². The molecule has 2 heteroatoms. The van der Waals surface area contributed by atoms with Crippen LogP contribution in [0.1, 0.15) is 52.4 Å². The van der Waals surface area contributed by atoms with Gasteiger partial charge in [0.05, 0.1) is 0 Å². The molecule has 1 rings (SSSR count). The first kappa shape index (κ1) is 13.0. The van der Waals surface area contributed by atoms with Crippen LogP contribution in [0, 0.1) is 5.92 Å². The van der Waals surface area contributed by atoms with Crippen LogP contribution in [0.25, 0.3) is 0 Å². The average Bonchev–Trinajstić information content (AvgIpc) is 2.27. The summed E-state index contributed by atoms with van der Waals surface area (Å²) in [5.41, 5.74) is 0. The monoisotopic (exact) mass is 213 g/mol. The maximum Gasteiger partial charge on any atom is 0.0466 e. The molecular weight excluding hydrogens is 186 g/mol. The van der Waals surface area contributed by atoms with Crippen LogP contribution >= 0.6 is 0 Å². The first-order chi connectivity index (χ1) is 7.38. The van der Waals surface area contributed by atoms with Gasteiger partial charge < -0.3 is 10.1 Å². The summed E-state index contributed by atoms with van der Waals surface area (Å²) in [5, 5.41) is 3.63. The van der Waals surface area contributed by atoms with Crippen LogP contribution in [0.5, 0.6) is 0 Å². The summed E-state index contributed by atoms with van der Waals surface area (Å²) in [5.74, 6) is 0.902. The lowest BCUT2D eigenvalue weighted by Gasteiger charge is -2.32. The maximum absolute atomic E-state index is 5.40. The lowest BCUT2D eigenvalue weighted by atomic mass is 9.82. The van der Waals surface area contributed by atoms with Crippen LogP contribution in [0.3, 0.4) is 0 Å². The Morgan fingerprint density at radius 1 is 1.20 bits per heavy atom. The van der Waals surface area contributed by atoms with Gasteiger partial charge in [-0.3, -0.25) is 0 Å². The molecule has 15 heavy (non-hydrogen) atoms. The van der Waals surface area contributed by atoms with Gasteiger partial charge in [-0.25, -0.2) is 0 Å². The third kappa shape index (κ3) is 4.98. The van der Waals surface area contributed by atoms with Gasteiger partial charge in [0.1, 0.15) is 0 Å². The highest BCUT2D eigenvalue weighted by Crippen LogP contribution is 2.27. The van der Waals surface area contributed by atoms with E-state index in [2.05, 4.69) is 19.2 Å². The third-order valence-electron chi connectivity index (χ3n) is 3.44. The first-order valence-corrected chi connectivity index (χ1v) is 6.69. The van der Waals surface area contributed by atoms with Gasteiger partial charge >= 0.3 is 0 Å². The molecule has 2 atom stereocenters. The van der Waals surface area contributed by atoms with E-state index in [0.717, 1.165) is 31.7 Å². The molecule has 0 aromatic rings. The van der Waals surface area contributed by atoms with Crippen LogP contribution in [-0.2, 0) is 4.74 Å². The van der Waals surface area contributed by atoms with Gasteiger partial charge in [-0.2, -0.15) is 0 Å². The fourth-order valence-corrected chi connectivity index (χ4v) is 2.68. The Kier molecular flexibility index (Phi) is 7.03. The van der Waals surface area contributed by atoms with Crippen molar-refractivity contribution in [3.8, 4) is 0 Å². The van der Waals surface area contributed by atoms with Gasteiger partial charge in [0.15, 0.2) is 0 Å². The van der Waals surface area contributed by atoms with Crippen molar-refractivity contribution in [2.45, 2.75) is 58.4 Å². The Morgan fingerprint density at radius 2 is 2.00 bits per heavy atom. The molecule has 0 aromatic heterocycles. The molecule has 1 aliphatic rings. The molecule has 1 aliphatic carbocycles. The van der Waals surface area contributed by atoms with Gasteiger partial charge in [-0.15, -0.1) is 0 Å². The van der Waals surface area contributed by atoms with Gasteiger partial charge in [0, 0.05) is 19.3 Å². The second kappa shape index (κ2) is 8.12. The van der Waals surface area contributed by atoms with Gasteiger partial charge in [0.2, 0.25) is 0 Å². The SMILES string of the molecule is CCNC1CCCCC1CCCOCC. The van der Waals surface area contributed by atoms with Crippen molar-refractivity contribution in [3.63, 3.8) is 0 Å². The third-order valence-corrected chi connectivity index (χ3v) is 3.44. The minimum Gasteiger partial charge on any atom is -0.382 e. The summed E-state index contributed by atoms with van der Waals surface area (Å²) in [6.07, 6.45) is 8.23. The molecule has 0 radical (unpaired) electrons. The fraction of sp³-hybridized carbons (Fsp3) is 1.00. The van der Waals surface area contributed by atoms with Crippen LogP contribution in [0.15, 0.2) is 0 Å². The van der Waals surface area contributed by atoms with Crippen molar-refractivity contribution >= 4 is 0 Å². The fourth-order valence-electron chi connectivity index (χ4n) is 2.68. The topological polar surface area (TPSA) is 21.3 Å². The van der Waals surface area contributed by atoms with E-state index in [0.29, 0.717) is 0 Å². The molecule has 0 aromatic carbocycles. The zero-order valence-corrected chi connectivity index (χ0v) is 10.4. The molecule has 1 N–H and O–H groups in total. The van der Waals surface area contributed by atoms with E-state index in [-0.39, 0.29) is 0 Å². The maximum atomic E-state index is 5.40. The Labute approximate surface area is 94.8 Å². The molecule has 1 fully saturated rings. The van der Waals surface area contributed by atoms with Crippen molar-refractivity contribution in [2.75, 3.05) is 19.8 Å². The summed E-state index contributed by atoms with van der Waals surface area (Å²) in [7, 11) is 0. The first-order valence-electron chi connectivity index (χ1n) is 6.69. The second-order valence-electron chi connectivity index (χ2n) is 4.55. The molecule has 0 saturated heterocycles. The van der Waals surface area contributed by atoms with E-state index in [1.807, 2.05) is 0 Å². The average molecular weight is 213 g/mol. The molecule has 0 spiro atoms. The Morgan fingerprint density at radius 3 is 2.73 bits per heavy atom. The molecule has 0 aliphatic heterocycles. The molecule has 0 amide bonds. The van der Waals surface area contributed by atoms with Crippen molar-refractivity contribution < 1.29 is 4.74 Å². The highest BCUT2D eigenvalue weighted by molar-refractivity contribution is 4.80. The van der Waals surface area contributed by atoms with Crippen LogP contribution in [0.2, 0.25) is 0 Å². The summed E-state index contributed by atoms with van der Waals surface area (Å²) in [6.45, 7) is 7.22. The van der Waals surface area contributed by atoms with Gasteiger partial charge in [-0.05, 0) is 45.1 Å². The van der Waals surface area contributed by atoms with E-state index in [9.17, 15) is 0 Å². The molecule has 0 heterocycles. The smallest absolute Gasteiger partial charge is 0.0466 e. The number of ether oxygens (including phenoxy) is 1. The summed E-state index contributed by atoms with van der Waals surface area (Å²) in [6, 6.07) is 0.783. The van der Waals surface area contributed by atoms with Crippen molar-refractivity contribution in [1.82, 2.24) is 5.32 Å². The molecule has 0 bridgehead atoms. The highest BCUT2D eigenvalue weighted by Gasteiger charge is 2.23. The van der Waals surface area contributed by atoms with Gasteiger partial charge in [0.25, 0.3) is 0 Å². The molecule has 90 valence electrons. The second-order valence-corrected chi connectivity index (χ2v) is 4.55.